The second-order valence-corrected chi connectivity index (χ2v) is 6.51. The molecule has 3 rings (SSSR count). The van der Waals surface area contributed by atoms with Crippen molar-refractivity contribution in [3.8, 4) is 0 Å². The maximum absolute atomic E-state index is 12.4. The Morgan fingerprint density at radius 2 is 1.70 bits per heavy atom. The summed E-state index contributed by atoms with van der Waals surface area (Å²) >= 11 is 0. The maximum atomic E-state index is 12.4. The molecule has 6 heteroatoms. The predicted octanol–water partition coefficient (Wildman–Crippen LogP) is 2.80. The molecule has 1 amide bonds. The summed E-state index contributed by atoms with van der Waals surface area (Å²) in [4.78, 5) is 38.1. The summed E-state index contributed by atoms with van der Waals surface area (Å²) in [6, 6.07) is 12.9. The SMILES string of the molecule is CCOC(=O)C1CCN(C(=O)COC(=O)c2cccc3ccccc23)CC1. The Morgan fingerprint density at radius 1 is 1.00 bits per heavy atom. The van der Waals surface area contributed by atoms with Crippen LogP contribution in [-0.4, -0.2) is 49.0 Å². The molecule has 1 heterocycles. The van der Waals surface area contributed by atoms with E-state index in [-0.39, 0.29) is 24.4 Å². The van der Waals surface area contributed by atoms with Gasteiger partial charge < -0.3 is 14.4 Å². The molecule has 142 valence electrons. The number of carbonyl (C=O) groups excluding carboxylic acids is 3. The smallest absolute Gasteiger partial charge is 0.339 e. The van der Waals surface area contributed by atoms with Crippen molar-refractivity contribution < 1.29 is 23.9 Å². The van der Waals surface area contributed by atoms with Crippen LogP contribution in [0.1, 0.15) is 30.1 Å². The number of hydrogen-bond acceptors (Lipinski definition) is 5. The van der Waals surface area contributed by atoms with Gasteiger partial charge in [0.05, 0.1) is 18.1 Å². The molecule has 2 aromatic carbocycles. The number of fused-ring (bicyclic) bond motifs is 1. The Balaban J connectivity index is 1.53. The molecule has 0 atom stereocenters. The van der Waals surface area contributed by atoms with Crippen LogP contribution in [0.4, 0.5) is 0 Å². The molecule has 0 bridgehead atoms. The van der Waals surface area contributed by atoms with Gasteiger partial charge in [-0.2, -0.15) is 0 Å². The number of nitrogens with zero attached hydrogens (tertiary/aromatic N) is 1. The summed E-state index contributed by atoms with van der Waals surface area (Å²) < 4.78 is 10.3. The highest BCUT2D eigenvalue weighted by molar-refractivity contribution is 6.04. The van der Waals surface area contributed by atoms with Gasteiger partial charge in [-0.3, -0.25) is 9.59 Å². The van der Waals surface area contributed by atoms with Crippen LogP contribution in [-0.2, 0) is 19.1 Å². The van der Waals surface area contributed by atoms with E-state index in [1.54, 1.807) is 24.0 Å². The van der Waals surface area contributed by atoms with Gasteiger partial charge >= 0.3 is 11.9 Å². The van der Waals surface area contributed by atoms with Crippen molar-refractivity contribution in [1.29, 1.82) is 0 Å². The Morgan fingerprint density at radius 3 is 2.44 bits per heavy atom. The van der Waals surface area contributed by atoms with Crippen LogP contribution >= 0.6 is 0 Å². The zero-order valence-electron chi connectivity index (χ0n) is 15.3. The molecule has 0 saturated carbocycles. The van der Waals surface area contributed by atoms with Crippen molar-refractivity contribution in [1.82, 2.24) is 4.90 Å². The third kappa shape index (κ3) is 4.45. The Bertz CT molecular complexity index is 834. The molecule has 1 aliphatic heterocycles. The Labute approximate surface area is 158 Å². The molecule has 2 aromatic rings. The highest BCUT2D eigenvalue weighted by Gasteiger charge is 2.28. The first-order chi connectivity index (χ1) is 13.1. The zero-order valence-corrected chi connectivity index (χ0v) is 15.3. The molecule has 0 aromatic heterocycles. The van der Waals surface area contributed by atoms with Crippen LogP contribution in [0, 0.1) is 5.92 Å². The van der Waals surface area contributed by atoms with Crippen LogP contribution in [0.5, 0.6) is 0 Å². The van der Waals surface area contributed by atoms with E-state index in [0.717, 1.165) is 10.8 Å². The number of likely N-dealkylation sites (tertiary alicyclic amines) is 1. The van der Waals surface area contributed by atoms with Gasteiger partial charge in [-0.15, -0.1) is 0 Å². The highest BCUT2D eigenvalue weighted by Crippen LogP contribution is 2.20. The van der Waals surface area contributed by atoms with Gasteiger partial charge in [0.1, 0.15) is 0 Å². The summed E-state index contributed by atoms with van der Waals surface area (Å²) in [7, 11) is 0. The van der Waals surface area contributed by atoms with E-state index >= 15 is 0 Å². The van der Waals surface area contributed by atoms with Gasteiger partial charge in [-0.25, -0.2) is 4.79 Å². The van der Waals surface area contributed by atoms with Crippen molar-refractivity contribution >= 4 is 28.6 Å². The molecular weight excluding hydrogens is 346 g/mol. The molecule has 0 N–H and O–H groups in total. The zero-order chi connectivity index (χ0) is 19.2. The second-order valence-electron chi connectivity index (χ2n) is 6.51. The molecule has 1 fully saturated rings. The summed E-state index contributed by atoms with van der Waals surface area (Å²) in [6.07, 6.45) is 1.14. The average molecular weight is 369 g/mol. The summed E-state index contributed by atoms with van der Waals surface area (Å²) in [6.45, 7) is 2.78. The van der Waals surface area contributed by atoms with Crippen LogP contribution < -0.4 is 0 Å². The van der Waals surface area contributed by atoms with Gasteiger partial charge in [-0.05, 0) is 36.6 Å². The number of carbonyl (C=O) groups is 3. The Hall–Kier alpha value is -2.89. The first-order valence-electron chi connectivity index (χ1n) is 9.19. The number of benzene rings is 2. The summed E-state index contributed by atoms with van der Waals surface area (Å²) in [5.74, 6) is -1.12. The van der Waals surface area contributed by atoms with Crippen LogP contribution in [0.2, 0.25) is 0 Å². The minimum absolute atomic E-state index is 0.160. The van der Waals surface area contributed by atoms with Crippen molar-refractivity contribution in [2.24, 2.45) is 5.92 Å². The fourth-order valence-corrected chi connectivity index (χ4v) is 3.32. The molecule has 0 aliphatic carbocycles. The molecule has 0 spiro atoms. The quantitative estimate of drug-likeness (QED) is 0.758. The normalized spacial score (nSPS) is 14.8. The average Bonchev–Trinajstić information content (AvgIpc) is 2.71. The van der Waals surface area contributed by atoms with Gasteiger partial charge in [0.25, 0.3) is 5.91 Å². The summed E-state index contributed by atoms with van der Waals surface area (Å²) in [5, 5.41) is 1.74. The van der Waals surface area contributed by atoms with Crippen molar-refractivity contribution in [3.05, 3.63) is 48.0 Å². The fourth-order valence-electron chi connectivity index (χ4n) is 3.32. The molecule has 0 unspecified atom stereocenters. The molecule has 1 saturated heterocycles. The standard InChI is InChI=1S/C21H23NO5/c1-2-26-20(24)16-10-12-22(13-11-16)19(23)14-27-21(25)18-9-5-7-15-6-3-4-8-17(15)18/h3-9,16H,2,10-14H2,1H3. The number of esters is 2. The lowest BCUT2D eigenvalue weighted by atomic mass is 9.97. The highest BCUT2D eigenvalue weighted by atomic mass is 16.5. The molecule has 27 heavy (non-hydrogen) atoms. The third-order valence-corrected chi connectivity index (χ3v) is 4.80. The van der Waals surface area contributed by atoms with Crippen LogP contribution in [0.3, 0.4) is 0 Å². The fraction of sp³-hybridized carbons (Fsp3) is 0.381. The van der Waals surface area contributed by atoms with E-state index in [1.165, 1.54) is 0 Å². The van der Waals surface area contributed by atoms with E-state index in [0.29, 0.717) is 38.1 Å². The van der Waals surface area contributed by atoms with Crippen LogP contribution in [0.15, 0.2) is 42.5 Å². The molecule has 1 aliphatic rings. The number of hydrogen-bond donors (Lipinski definition) is 0. The summed E-state index contributed by atoms with van der Waals surface area (Å²) in [5.41, 5.74) is 0.446. The largest absolute Gasteiger partial charge is 0.466 e. The van der Waals surface area contributed by atoms with Crippen molar-refractivity contribution in [2.75, 3.05) is 26.3 Å². The number of amides is 1. The monoisotopic (exact) mass is 369 g/mol. The molecule has 6 nitrogen and oxygen atoms in total. The van der Waals surface area contributed by atoms with Gasteiger partial charge in [0.15, 0.2) is 6.61 Å². The molecule has 0 radical (unpaired) electrons. The minimum Gasteiger partial charge on any atom is -0.466 e. The lowest BCUT2D eigenvalue weighted by molar-refractivity contribution is -0.151. The first-order valence-corrected chi connectivity index (χ1v) is 9.19. The lowest BCUT2D eigenvalue weighted by Crippen LogP contribution is -2.42. The van der Waals surface area contributed by atoms with Crippen molar-refractivity contribution in [2.45, 2.75) is 19.8 Å². The Kier molecular flexibility index (Phi) is 6.06. The van der Waals surface area contributed by atoms with E-state index in [9.17, 15) is 14.4 Å². The van der Waals surface area contributed by atoms with E-state index in [1.807, 2.05) is 30.3 Å². The minimum atomic E-state index is -0.512. The third-order valence-electron chi connectivity index (χ3n) is 4.80. The topological polar surface area (TPSA) is 72.9 Å². The van der Waals surface area contributed by atoms with Gasteiger partial charge in [0.2, 0.25) is 0 Å². The van der Waals surface area contributed by atoms with Crippen molar-refractivity contribution in [3.63, 3.8) is 0 Å². The van der Waals surface area contributed by atoms with Crippen LogP contribution in [0.25, 0.3) is 10.8 Å². The maximum Gasteiger partial charge on any atom is 0.339 e. The number of piperidine rings is 1. The first kappa shape index (κ1) is 18.9. The van der Waals surface area contributed by atoms with E-state index in [2.05, 4.69) is 0 Å². The van der Waals surface area contributed by atoms with E-state index in [4.69, 9.17) is 9.47 Å². The number of ether oxygens (including phenoxy) is 2. The predicted molar refractivity (Wildman–Crippen MR) is 100 cm³/mol. The van der Waals surface area contributed by atoms with E-state index < -0.39 is 5.97 Å². The number of rotatable bonds is 5. The van der Waals surface area contributed by atoms with Gasteiger partial charge in [-0.1, -0.05) is 36.4 Å². The lowest BCUT2D eigenvalue weighted by Gasteiger charge is -2.30. The van der Waals surface area contributed by atoms with Gasteiger partial charge in [0, 0.05) is 13.1 Å². The second kappa shape index (κ2) is 8.66. The molecular formula is C21H23NO5.